The molecule has 0 spiro atoms. The lowest BCUT2D eigenvalue weighted by atomic mass is 9.93. The average molecular weight is 435 g/mol. The Labute approximate surface area is 189 Å². The Morgan fingerprint density at radius 2 is 1.88 bits per heavy atom. The number of aryl methyl sites for hydroxylation is 3. The van der Waals surface area contributed by atoms with Gasteiger partial charge in [0.05, 0.1) is 5.69 Å². The molecule has 3 heterocycles. The fourth-order valence-corrected chi connectivity index (χ4v) is 4.23. The van der Waals surface area contributed by atoms with Gasteiger partial charge in [-0.25, -0.2) is 0 Å². The van der Waals surface area contributed by atoms with Crippen LogP contribution in [0.4, 0.5) is 5.69 Å². The maximum absolute atomic E-state index is 13.1. The van der Waals surface area contributed by atoms with E-state index in [1.54, 1.807) is 6.92 Å². The minimum Gasteiger partial charge on any atom is -0.457 e. The number of hydrogen-bond donors (Lipinski definition) is 0. The highest BCUT2D eigenvalue weighted by Crippen LogP contribution is 2.31. The molecular formula is C25H30N4O3. The zero-order chi connectivity index (χ0) is 22.8. The molecule has 0 saturated carbocycles. The van der Waals surface area contributed by atoms with E-state index in [-0.39, 0.29) is 11.8 Å². The molecule has 1 atom stereocenters. The summed E-state index contributed by atoms with van der Waals surface area (Å²) in [6.07, 6.45) is 1.91. The number of carbonyl (C=O) groups is 1. The Morgan fingerprint density at radius 1 is 1.12 bits per heavy atom. The SMILES string of the molecule is Cc1cc(Oc2ccc(N(C)C)cc2)cc([C@@H]2CCCN(C(=O)c3c(C)noc3C)C2)n1. The van der Waals surface area contributed by atoms with Gasteiger partial charge in [-0.3, -0.25) is 9.78 Å². The summed E-state index contributed by atoms with van der Waals surface area (Å²) < 4.78 is 11.3. The summed E-state index contributed by atoms with van der Waals surface area (Å²) >= 11 is 0. The molecule has 0 radical (unpaired) electrons. The number of ether oxygens (including phenoxy) is 1. The highest BCUT2D eigenvalue weighted by atomic mass is 16.5. The number of hydrogen-bond acceptors (Lipinski definition) is 6. The van der Waals surface area contributed by atoms with E-state index in [4.69, 9.17) is 14.2 Å². The predicted octanol–water partition coefficient (Wildman–Crippen LogP) is 4.87. The lowest BCUT2D eigenvalue weighted by molar-refractivity contribution is 0.0703. The summed E-state index contributed by atoms with van der Waals surface area (Å²) in [7, 11) is 4.02. The molecule has 1 aliphatic rings. The van der Waals surface area contributed by atoms with Crippen LogP contribution in [-0.4, -0.2) is 48.1 Å². The van der Waals surface area contributed by atoms with Crippen molar-refractivity contribution in [3.8, 4) is 11.5 Å². The Bertz CT molecular complexity index is 1090. The standard InChI is InChI=1S/C25H30N4O3/c1-16-13-22(31-21-10-8-20(9-11-21)28(4)5)14-23(26-16)19-7-6-12-29(15-19)25(30)24-17(2)27-32-18(24)3/h8-11,13-14,19H,6-7,12,15H2,1-5H3/t19-/m1/s1. The Morgan fingerprint density at radius 3 is 2.53 bits per heavy atom. The monoisotopic (exact) mass is 434 g/mol. The van der Waals surface area contributed by atoms with Crippen molar-refractivity contribution in [2.24, 2.45) is 0 Å². The number of likely N-dealkylation sites (tertiary alicyclic amines) is 1. The molecule has 0 bridgehead atoms. The number of amides is 1. The van der Waals surface area contributed by atoms with Gasteiger partial charge in [0.1, 0.15) is 22.8 Å². The smallest absolute Gasteiger partial charge is 0.259 e. The van der Waals surface area contributed by atoms with Gasteiger partial charge in [-0.2, -0.15) is 0 Å². The first kappa shape index (κ1) is 21.9. The molecule has 2 aromatic heterocycles. The van der Waals surface area contributed by atoms with E-state index in [0.717, 1.165) is 48.0 Å². The summed E-state index contributed by atoms with van der Waals surface area (Å²) in [5.41, 5.74) is 4.19. The van der Waals surface area contributed by atoms with Gasteiger partial charge in [0.2, 0.25) is 0 Å². The van der Waals surface area contributed by atoms with E-state index in [0.29, 0.717) is 23.6 Å². The van der Waals surface area contributed by atoms with Crippen molar-refractivity contribution >= 4 is 11.6 Å². The molecule has 1 amide bonds. The maximum atomic E-state index is 13.1. The number of carbonyl (C=O) groups excluding carboxylic acids is 1. The molecule has 7 nitrogen and oxygen atoms in total. The van der Waals surface area contributed by atoms with Crippen molar-refractivity contribution in [2.75, 3.05) is 32.1 Å². The van der Waals surface area contributed by atoms with Crippen LogP contribution in [0.2, 0.25) is 0 Å². The minimum atomic E-state index is -0.0175. The predicted molar refractivity (Wildman–Crippen MR) is 124 cm³/mol. The van der Waals surface area contributed by atoms with Crippen LogP contribution in [0.15, 0.2) is 40.9 Å². The number of aromatic nitrogens is 2. The van der Waals surface area contributed by atoms with E-state index in [2.05, 4.69) is 10.1 Å². The fraction of sp³-hybridized carbons (Fsp3) is 0.400. The highest BCUT2D eigenvalue weighted by molar-refractivity contribution is 5.96. The molecule has 168 valence electrons. The Kier molecular flexibility index (Phi) is 6.17. The molecule has 1 fully saturated rings. The van der Waals surface area contributed by atoms with Crippen LogP contribution in [0, 0.1) is 20.8 Å². The number of pyridine rings is 1. The molecule has 0 unspecified atom stereocenters. The Balaban J connectivity index is 1.52. The topological polar surface area (TPSA) is 71.7 Å². The van der Waals surface area contributed by atoms with Gasteiger partial charge < -0.3 is 19.1 Å². The van der Waals surface area contributed by atoms with E-state index in [1.165, 1.54) is 0 Å². The van der Waals surface area contributed by atoms with Crippen LogP contribution in [0.25, 0.3) is 0 Å². The van der Waals surface area contributed by atoms with Crippen molar-refractivity contribution in [3.05, 3.63) is 64.8 Å². The van der Waals surface area contributed by atoms with Gasteiger partial charge in [-0.05, 0) is 57.9 Å². The van der Waals surface area contributed by atoms with E-state index in [9.17, 15) is 4.79 Å². The Hall–Kier alpha value is -3.35. The molecule has 1 saturated heterocycles. The molecule has 0 aliphatic carbocycles. The van der Waals surface area contributed by atoms with Crippen molar-refractivity contribution in [2.45, 2.75) is 39.5 Å². The van der Waals surface area contributed by atoms with Gasteiger partial charge in [0.25, 0.3) is 5.91 Å². The summed E-state index contributed by atoms with van der Waals surface area (Å²) in [5, 5.41) is 3.93. The van der Waals surface area contributed by atoms with Crippen molar-refractivity contribution in [1.82, 2.24) is 15.0 Å². The number of benzene rings is 1. The zero-order valence-electron chi connectivity index (χ0n) is 19.4. The first-order valence-electron chi connectivity index (χ1n) is 11.0. The van der Waals surface area contributed by atoms with Crippen LogP contribution < -0.4 is 9.64 Å². The second kappa shape index (κ2) is 9.02. The molecule has 3 aromatic rings. The summed E-state index contributed by atoms with van der Waals surface area (Å²) in [6, 6.07) is 11.9. The van der Waals surface area contributed by atoms with Gasteiger partial charge in [0.15, 0.2) is 0 Å². The van der Waals surface area contributed by atoms with Crippen molar-refractivity contribution < 1.29 is 14.1 Å². The number of nitrogens with zero attached hydrogens (tertiary/aromatic N) is 4. The van der Waals surface area contributed by atoms with Crippen LogP contribution in [0.1, 0.15) is 52.0 Å². The maximum Gasteiger partial charge on any atom is 0.259 e. The van der Waals surface area contributed by atoms with Crippen molar-refractivity contribution in [3.63, 3.8) is 0 Å². The lowest BCUT2D eigenvalue weighted by Crippen LogP contribution is -2.39. The average Bonchev–Trinajstić information content (AvgIpc) is 3.11. The van der Waals surface area contributed by atoms with Crippen LogP contribution in [0.5, 0.6) is 11.5 Å². The third-order valence-electron chi connectivity index (χ3n) is 5.91. The normalized spacial score (nSPS) is 16.2. The van der Waals surface area contributed by atoms with Gasteiger partial charge in [0, 0.05) is 62.3 Å². The minimum absolute atomic E-state index is 0.0175. The summed E-state index contributed by atoms with van der Waals surface area (Å²) in [6.45, 7) is 6.91. The molecular weight excluding hydrogens is 404 g/mol. The first-order chi connectivity index (χ1) is 15.3. The quantitative estimate of drug-likeness (QED) is 0.570. The molecule has 32 heavy (non-hydrogen) atoms. The van der Waals surface area contributed by atoms with Crippen molar-refractivity contribution in [1.29, 1.82) is 0 Å². The lowest BCUT2D eigenvalue weighted by Gasteiger charge is -2.32. The number of piperidine rings is 1. The van der Waals surface area contributed by atoms with E-state index >= 15 is 0 Å². The fourth-order valence-electron chi connectivity index (χ4n) is 4.23. The molecule has 4 rings (SSSR count). The van der Waals surface area contributed by atoms with Crippen LogP contribution >= 0.6 is 0 Å². The second-order valence-corrected chi connectivity index (χ2v) is 8.65. The zero-order valence-corrected chi connectivity index (χ0v) is 19.4. The van der Waals surface area contributed by atoms with Crippen LogP contribution in [0.3, 0.4) is 0 Å². The second-order valence-electron chi connectivity index (χ2n) is 8.65. The largest absolute Gasteiger partial charge is 0.457 e. The summed E-state index contributed by atoms with van der Waals surface area (Å²) in [4.78, 5) is 21.8. The van der Waals surface area contributed by atoms with Gasteiger partial charge in [-0.15, -0.1) is 0 Å². The molecule has 7 heteroatoms. The first-order valence-corrected chi connectivity index (χ1v) is 11.0. The van der Waals surface area contributed by atoms with E-state index in [1.807, 2.05) is 69.2 Å². The number of anilines is 1. The van der Waals surface area contributed by atoms with E-state index < -0.39 is 0 Å². The number of rotatable bonds is 5. The third-order valence-corrected chi connectivity index (χ3v) is 5.91. The highest BCUT2D eigenvalue weighted by Gasteiger charge is 2.29. The molecule has 1 aromatic carbocycles. The molecule has 1 aliphatic heterocycles. The van der Waals surface area contributed by atoms with Gasteiger partial charge in [-0.1, -0.05) is 5.16 Å². The third kappa shape index (κ3) is 4.61. The molecule has 0 N–H and O–H groups in total. The van der Waals surface area contributed by atoms with Gasteiger partial charge >= 0.3 is 0 Å². The van der Waals surface area contributed by atoms with Crippen LogP contribution in [-0.2, 0) is 0 Å². The summed E-state index contributed by atoms with van der Waals surface area (Å²) in [5.74, 6) is 2.26.